The third-order valence-electron chi connectivity index (χ3n) is 3.80. The summed E-state index contributed by atoms with van der Waals surface area (Å²) < 4.78 is 0. The molecule has 0 aromatic heterocycles. The van der Waals surface area contributed by atoms with Crippen molar-refractivity contribution in [3.8, 4) is 0 Å². The summed E-state index contributed by atoms with van der Waals surface area (Å²) in [5.74, 6) is 0.799. The Kier molecular flexibility index (Phi) is 2.74. The molecular formula is C10H15ClHg+2. The van der Waals surface area contributed by atoms with Crippen LogP contribution in [-0.2, 0) is 27.7 Å². The first-order valence-corrected chi connectivity index (χ1v) is 4.73. The molecular weight excluding hydrogens is 356 g/mol. The second-order valence-corrected chi connectivity index (χ2v) is 5.33. The van der Waals surface area contributed by atoms with E-state index in [1.165, 1.54) is 18.4 Å². The summed E-state index contributed by atoms with van der Waals surface area (Å²) in [4.78, 5) is -0.0197. The van der Waals surface area contributed by atoms with Gasteiger partial charge in [0, 0.05) is 0 Å². The molecule has 0 amide bonds. The molecule has 2 bridgehead atoms. The Hall–Kier alpha value is 0.965. The number of rotatable bonds is 0. The van der Waals surface area contributed by atoms with Gasteiger partial charge in [-0.05, 0) is 30.6 Å². The van der Waals surface area contributed by atoms with Crippen molar-refractivity contribution in [2.45, 2.75) is 38.0 Å². The van der Waals surface area contributed by atoms with Gasteiger partial charge in [0.2, 0.25) is 0 Å². The fourth-order valence-electron chi connectivity index (χ4n) is 2.71. The Bertz CT molecular complexity index is 215. The number of halogens is 1. The predicted octanol–water partition coefficient (Wildman–Crippen LogP) is 3.36. The van der Waals surface area contributed by atoms with Crippen LogP contribution in [0.5, 0.6) is 0 Å². The van der Waals surface area contributed by atoms with Crippen molar-refractivity contribution in [1.29, 1.82) is 0 Å². The molecule has 2 aliphatic rings. The zero-order chi connectivity index (χ0) is 8.28. The molecule has 0 saturated heterocycles. The van der Waals surface area contributed by atoms with E-state index in [4.69, 9.17) is 11.6 Å². The van der Waals surface area contributed by atoms with Gasteiger partial charge in [0.05, 0.1) is 4.87 Å². The van der Waals surface area contributed by atoms with Gasteiger partial charge >= 0.3 is 27.7 Å². The maximum absolute atomic E-state index is 6.43. The van der Waals surface area contributed by atoms with E-state index in [0.717, 1.165) is 12.3 Å². The third kappa shape index (κ3) is 1.21. The van der Waals surface area contributed by atoms with E-state index in [1.807, 2.05) is 0 Å². The Morgan fingerprint density at radius 3 is 2.33 bits per heavy atom. The summed E-state index contributed by atoms with van der Waals surface area (Å²) in [5, 5.41) is 0. The maximum atomic E-state index is 6.43. The summed E-state index contributed by atoms with van der Waals surface area (Å²) in [6, 6.07) is 0. The second kappa shape index (κ2) is 2.98. The predicted molar refractivity (Wildman–Crippen MR) is 48.8 cm³/mol. The van der Waals surface area contributed by atoms with Crippen LogP contribution in [-0.4, -0.2) is 4.87 Å². The zero-order valence-corrected chi connectivity index (χ0v) is 14.2. The average Bonchev–Trinajstić information content (AvgIpc) is 2.36. The number of hydrogen-bond donors (Lipinski definition) is 0. The number of allylic oxidation sites excluding steroid dienone is 1. The minimum atomic E-state index is -0.0197. The zero-order valence-electron chi connectivity index (χ0n) is 7.99. The van der Waals surface area contributed by atoms with Crippen LogP contribution < -0.4 is 0 Å². The van der Waals surface area contributed by atoms with Gasteiger partial charge in [0.1, 0.15) is 0 Å². The van der Waals surface area contributed by atoms with Crippen LogP contribution in [0.4, 0.5) is 0 Å². The third-order valence-corrected chi connectivity index (χ3v) is 4.37. The molecule has 0 radical (unpaired) electrons. The van der Waals surface area contributed by atoms with Crippen molar-refractivity contribution in [2.24, 2.45) is 11.3 Å². The van der Waals surface area contributed by atoms with E-state index in [0.29, 0.717) is 5.41 Å². The minimum Gasteiger partial charge on any atom is -0.114 e. The van der Waals surface area contributed by atoms with Gasteiger partial charge in [-0.25, -0.2) is 0 Å². The summed E-state index contributed by atoms with van der Waals surface area (Å²) in [6.07, 6.45) is 3.62. The molecule has 0 N–H and O–H groups in total. The van der Waals surface area contributed by atoms with Gasteiger partial charge in [0.15, 0.2) is 0 Å². The summed E-state index contributed by atoms with van der Waals surface area (Å²) in [5.41, 5.74) is 1.59. The molecule has 2 aliphatic carbocycles. The van der Waals surface area contributed by atoms with Crippen LogP contribution >= 0.6 is 11.6 Å². The van der Waals surface area contributed by atoms with Crippen molar-refractivity contribution in [2.75, 3.05) is 0 Å². The largest absolute Gasteiger partial charge is 2.00 e. The van der Waals surface area contributed by atoms with Crippen molar-refractivity contribution in [3.05, 3.63) is 12.2 Å². The van der Waals surface area contributed by atoms with E-state index in [9.17, 15) is 0 Å². The summed E-state index contributed by atoms with van der Waals surface area (Å²) in [7, 11) is 0. The topological polar surface area (TPSA) is 0 Å². The molecule has 12 heavy (non-hydrogen) atoms. The van der Waals surface area contributed by atoms with Crippen molar-refractivity contribution >= 4 is 11.6 Å². The molecule has 0 aliphatic heterocycles. The molecule has 0 aromatic carbocycles. The molecule has 0 spiro atoms. The maximum Gasteiger partial charge on any atom is 2.00 e. The minimum absolute atomic E-state index is 0. The van der Waals surface area contributed by atoms with Gasteiger partial charge in [-0.1, -0.05) is 26.0 Å². The fraction of sp³-hybridized carbons (Fsp3) is 0.800. The fourth-order valence-corrected chi connectivity index (χ4v) is 3.25. The van der Waals surface area contributed by atoms with E-state index in [1.54, 1.807) is 0 Å². The van der Waals surface area contributed by atoms with Gasteiger partial charge in [0.25, 0.3) is 0 Å². The molecule has 2 unspecified atom stereocenters. The molecule has 2 atom stereocenters. The summed E-state index contributed by atoms with van der Waals surface area (Å²) in [6.45, 7) is 8.69. The normalized spacial score (nSPS) is 42.9. The molecule has 2 heteroatoms. The number of fused-ring (bicyclic) bond motifs is 2. The SMILES string of the molecule is C=C1C2(Cl)CCC(C2)C1(C)C.[Hg+2]. The van der Waals surface area contributed by atoms with Crippen LogP contribution in [0.25, 0.3) is 0 Å². The van der Waals surface area contributed by atoms with Gasteiger partial charge in [-0.15, -0.1) is 11.6 Å². The van der Waals surface area contributed by atoms with Gasteiger partial charge < -0.3 is 0 Å². The molecule has 0 nitrogen and oxygen atoms in total. The molecule has 0 heterocycles. The molecule has 2 saturated carbocycles. The van der Waals surface area contributed by atoms with Crippen molar-refractivity contribution < 1.29 is 27.7 Å². The standard InChI is InChI=1S/C10H15Cl.Hg/c1-7-9(2,3)8-4-5-10(7,11)6-8;/h8H,1,4-6H2,2-3H3;/q;+2. The van der Waals surface area contributed by atoms with Crippen LogP contribution in [0.15, 0.2) is 12.2 Å². The Morgan fingerprint density at radius 1 is 1.50 bits per heavy atom. The molecule has 2 rings (SSSR count). The van der Waals surface area contributed by atoms with E-state index >= 15 is 0 Å². The van der Waals surface area contributed by atoms with E-state index in [-0.39, 0.29) is 32.5 Å². The Balaban J connectivity index is 0.000000720. The van der Waals surface area contributed by atoms with Crippen LogP contribution in [0.3, 0.4) is 0 Å². The van der Waals surface area contributed by atoms with E-state index < -0.39 is 0 Å². The quantitative estimate of drug-likeness (QED) is 0.348. The Labute approximate surface area is 100 Å². The van der Waals surface area contributed by atoms with Gasteiger partial charge in [-0.2, -0.15) is 0 Å². The molecule has 2 fully saturated rings. The summed E-state index contributed by atoms with van der Waals surface area (Å²) >= 11 is 6.43. The van der Waals surface area contributed by atoms with Crippen LogP contribution in [0, 0.1) is 11.3 Å². The molecule has 62 valence electrons. The number of alkyl halides is 1. The smallest absolute Gasteiger partial charge is 0.114 e. The monoisotopic (exact) mass is 372 g/mol. The number of hydrogen-bond acceptors (Lipinski definition) is 0. The van der Waals surface area contributed by atoms with Crippen molar-refractivity contribution in [3.63, 3.8) is 0 Å². The Morgan fingerprint density at radius 2 is 2.08 bits per heavy atom. The first-order chi connectivity index (χ1) is 4.97. The molecule has 0 aromatic rings. The van der Waals surface area contributed by atoms with E-state index in [2.05, 4.69) is 20.4 Å². The first-order valence-electron chi connectivity index (χ1n) is 4.35. The second-order valence-electron chi connectivity index (χ2n) is 4.61. The van der Waals surface area contributed by atoms with Gasteiger partial charge in [-0.3, -0.25) is 0 Å². The van der Waals surface area contributed by atoms with Crippen molar-refractivity contribution in [1.82, 2.24) is 0 Å². The van der Waals surface area contributed by atoms with Crippen LogP contribution in [0.2, 0.25) is 0 Å². The average molecular weight is 371 g/mol. The first kappa shape index (κ1) is 11.0. The van der Waals surface area contributed by atoms with Crippen LogP contribution in [0.1, 0.15) is 33.1 Å².